The zero-order valence-electron chi connectivity index (χ0n) is 8.90. The van der Waals surface area contributed by atoms with E-state index in [1.807, 2.05) is 6.92 Å². The highest BCUT2D eigenvalue weighted by atomic mass is 32.2. The van der Waals surface area contributed by atoms with Gasteiger partial charge in [-0.25, -0.2) is 4.79 Å². The summed E-state index contributed by atoms with van der Waals surface area (Å²) in [5.74, 6) is 0.143. The fourth-order valence-corrected chi connectivity index (χ4v) is 1.67. The molecule has 1 unspecified atom stereocenters. The molecule has 2 atom stereocenters. The molecular formula is C9H17NO3S2. The maximum absolute atomic E-state index is 11.4. The van der Waals surface area contributed by atoms with Gasteiger partial charge < -0.3 is 10.4 Å². The zero-order valence-corrected chi connectivity index (χ0v) is 10.6. The lowest BCUT2D eigenvalue weighted by atomic mass is 10.2. The van der Waals surface area contributed by atoms with Gasteiger partial charge in [0.1, 0.15) is 6.04 Å². The maximum atomic E-state index is 11.4. The molecule has 0 fully saturated rings. The molecule has 0 aliphatic heterocycles. The van der Waals surface area contributed by atoms with Gasteiger partial charge in [-0.1, -0.05) is 13.8 Å². The molecule has 0 aromatic heterocycles. The number of carbonyl (C=O) groups is 2. The average molecular weight is 251 g/mol. The van der Waals surface area contributed by atoms with Gasteiger partial charge in [-0.2, -0.15) is 24.4 Å². The molecule has 4 nitrogen and oxygen atoms in total. The Kier molecular flexibility index (Phi) is 7.68. The SMILES string of the molecule is CCSCC(NC(=O)[C@H](C)CS)C(=O)O. The first-order valence-electron chi connectivity index (χ1n) is 4.74. The minimum Gasteiger partial charge on any atom is -0.480 e. The number of carboxylic acid groups (broad SMARTS) is 1. The van der Waals surface area contributed by atoms with E-state index < -0.39 is 12.0 Å². The molecule has 0 radical (unpaired) electrons. The topological polar surface area (TPSA) is 66.4 Å². The standard InChI is InChI=1S/C9H17NO3S2/c1-3-15-5-7(9(12)13)10-8(11)6(2)4-14/h6-7,14H,3-5H2,1-2H3,(H,10,11)(H,12,13)/t6-,7?/m1/s1. The molecule has 15 heavy (non-hydrogen) atoms. The van der Waals surface area contributed by atoms with E-state index in [-0.39, 0.29) is 11.8 Å². The molecule has 2 N–H and O–H groups in total. The number of amides is 1. The summed E-state index contributed by atoms with van der Waals surface area (Å²) in [5, 5.41) is 11.3. The van der Waals surface area contributed by atoms with Gasteiger partial charge in [-0.3, -0.25) is 4.79 Å². The number of rotatable bonds is 7. The Hall–Kier alpha value is -0.360. The molecule has 0 spiro atoms. The van der Waals surface area contributed by atoms with Crippen LogP contribution in [0.15, 0.2) is 0 Å². The Labute approximate surface area is 99.6 Å². The third kappa shape index (κ3) is 5.94. The van der Waals surface area contributed by atoms with E-state index in [9.17, 15) is 9.59 Å². The van der Waals surface area contributed by atoms with E-state index in [0.29, 0.717) is 11.5 Å². The molecule has 0 aromatic carbocycles. The average Bonchev–Trinajstić information content (AvgIpc) is 2.22. The minimum absolute atomic E-state index is 0.255. The van der Waals surface area contributed by atoms with Crippen molar-refractivity contribution in [3.05, 3.63) is 0 Å². The fraction of sp³-hybridized carbons (Fsp3) is 0.778. The fourth-order valence-electron chi connectivity index (χ4n) is 0.807. The van der Waals surface area contributed by atoms with Crippen molar-refractivity contribution in [1.29, 1.82) is 0 Å². The van der Waals surface area contributed by atoms with Crippen LogP contribution in [-0.4, -0.2) is 40.3 Å². The monoisotopic (exact) mass is 251 g/mol. The molecule has 0 aliphatic carbocycles. The summed E-state index contributed by atoms with van der Waals surface area (Å²) in [5.41, 5.74) is 0. The van der Waals surface area contributed by atoms with Gasteiger partial charge in [0.2, 0.25) is 5.91 Å². The van der Waals surface area contributed by atoms with Crippen LogP contribution in [0.2, 0.25) is 0 Å². The molecule has 0 aliphatic rings. The van der Waals surface area contributed by atoms with Crippen molar-refractivity contribution < 1.29 is 14.7 Å². The Morgan fingerprint density at radius 2 is 2.13 bits per heavy atom. The molecule has 0 rings (SSSR count). The molecule has 0 aromatic rings. The molecule has 0 heterocycles. The van der Waals surface area contributed by atoms with Crippen LogP contribution in [0.4, 0.5) is 0 Å². The second-order valence-electron chi connectivity index (χ2n) is 3.14. The van der Waals surface area contributed by atoms with Crippen LogP contribution < -0.4 is 5.32 Å². The molecule has 88 valence electrons. The number of aliphatic carboxylic acids is 1. The van der Waals surface area contributed by atoms with E-state index in [0.717, 1.165) is 5.75 Å². The lowest BCUT2D eigenvalue weighted by Crippen LogP contribution is -2.45. The van der Waals surface area contributed by atoms with Crippen LogP contribution in [-0.2, 0) is 9.59 Å². The lowest BCUT2D eigenvalue weighted by Gasteiger charge is -2.16. The first-order chi connectivity index (χ1) is 7.02. The molecule has 1 amide bonds. The Bertz CT molecular complexity index is 223. The summed E-state index contributed by atoms with van der Waals surface area (Å²) < 4.78 is 0. The van der Waals surface area contributed by atoms with Crippen LogP contribution in [0.5, 0.6) is 0 Å². The minimum atomic E-state index is -0.990. The predicted molar refractivity (Wildman–Crippen MR) is 65.6 cm³/mol. The van der Waals surface area contributed by atoms with E-state index in [4.69, 9.17) is 5.11 Å². The van der Waals surface area contributed by atoms with E-state index in [2.05, 4.69) is 17.9 Å². The Morgan fingerprint density at radius 3 is 2.53 bits per heavy atom. The first kappa shape index (κ1) is 14.6. The third-order valence-corrected chi connectivity index (χ3v) is 3.35. The quantitative estimate of drug-likeness (QED) is 0.588. The first-order valence-corrected chi connectivity index (χ1v) is 6.53. The van der Waals surface area contributed by atoms with Crippen molar-refractivity contribution in [3.63, 3.8) is 0 Å². The Morgan fingerprint density at radius 1 is 1.53 bits per heavy atom. The maximum Gasteiger partial charge on any atom is 0.327 e. The van der Waals surface area contributed by atoms with Crippen LogP contribution in [0.3, 0.4) is 0 Å². The van der Waals surface area contributed by atoms with Crippen molar-refractivity contribution in [2.75, 3.05) is 17.3 Å². The van der Waals surface area contributed by atoms with Gasteiger partial charge in [-0.05, 0) is 5.75 Å². The van der Waals surface area contributed by atoms with Crippen molar-refractivity contribution in [2.45, 2.75) is 19.9 Å². The summed E-state index contributed by atoms with van der Waals surface area (Å²) in [6.07, 6.45) is 0. The number of carbonyl (C=O) groups excluding carboxylic acids is 1. The number of thiol groups is 1. The summed E-state index contributed by atoms with van der Waals surface area (Å²) in [6, 6.07) is -0.801. The summed E-state index contributed by atoms with van der Waals surface area (Å²) >= 11 is 5.48. The van der Waals surface area contributed by atoms with Crippen LogP contribution in [0.25, 0.3) is 0 Å². The number of hydrogen-bond acceptors (Lipinski definition) is 4. The normalized spacial score (nSPS) is 14.3. The number of nitrogens with one attached hydrogen (secondary N) is 1. The van der Waals surface area contributed by atoms with Gasteiger partial charge in [0.25, 0.3) is 0 Å². The highest BCUT2D eigenvalue weighted by molar-refractivity contribution is 7.99. The number of hydrogen-bond donors (Lipinski definition) is 3. The van der Waals surface area contributed by atoms with Crippen molar-refractivity contribution >= 4 is 36.3 Å². The highest BCUT2D eigenvalue weighted by Gasteiger charge is 2.21. The van der Waals surface area contributed by atoms with Crippen molar-refractivity contribution in [2.24, 2.45) is 5.92 Å². The lowest BCUT2D eigenvalue weighted by molar-refractivity contribution is -0.141. The Balaban J connectivity index is 4.16. The van der Waals surface area contributed by atoms with Crippen LogP contribution in [0.1, 0.15) is 13.8 Å². The summed E-state index contributed by atoms with van der Waals surface area (Å²) in [6.45, 7) is 3.66. The number of thioether (sulfide) groups is 1. The second kappa shape index (κ2) is 7.87. The smallest absolute Gasteiger partial charge is 0.327 e. The summed E-state index contributed by atoms with van der Waals surface area (Å²) in [4.78, 5) is 22.2. The molecule has 0 bridgehead atoms. The zero-order chi connectivity index (χ0) is 11.8. The number of carboxylic acids is 1. The van der Waals surface area contributed by atoms with Crippen molar-refractivity contribution in [1.82, 2.24) is 5.32 Å². The summed E-state index contributed by atoms with van der Waals surface area (Å²) in [7, 11) is 0. The van der Waals surface area contributed by atoms with Crippen LogP contribution in [0, 0.1) is 5.92 Å². The van der Waals surface area contributed by atoms with Gasteiger partial charge in [0.15, 0.2) is 0 Å². The van der Waals surface area contributed by atoms with Gasteiger partial charge >= 0.3 is 5.97 Å². The van der Waals surface area contributed by atoms with Gasteiger partial charge in [0.05, 0.1) is 0 Å². The van der Waals surface area contributed by atoms with E-state index >= 15 is 0 Å². The van der Waals surface area contributed by atoms with Gasteiger partial charge in [-0.15, -0.1) is 0 Å². The largest absolute Gasteiger partial charge is 0.480 e. The second-order valence-corrected chi connectivity index (χ2v) is 4.83. The molecule has 0 saturated heterocycles. The van der Waals surface area contributed by atoms with Gasteiger partial charge in [0, 0.05) is 17.4 Å². The van der Waals surface area contributed by atoms with Crippen molar-refractivity contribution in [3.8, 4) is 0 Å². The predicted octanol–water partition coefficient (Wildman–Crippen LogP) is 0.875. The molecular weight excluding hydrogens is 234 g/mol. The third-order valence-electron chi connectivity index (χ3n) is 1.82. The highest BCUT2D eigenvalue weighted by Crippen LogP contribution is 2.04. The molecule has 6 heteroatoms. The van der Waals surface area contributed by atoms with E-state index in [1.54, 1.807) is 6.92 Å². The van der Waals surface area contributed by atoms with Crippen LogP contribution >= 0.6 is 24.4 Å². The van der Waals surface area contributed by atoms with E-state index in [1.165, 1.54) is 11.8 Å². The molecule has 0 saturated carbocycles.